The fourth-order valence-corrected chi connectivity index (χ4v) is 4.79. The molecule has 1 saturated heterocycles. The predicted octanol–water partition coefficient (Wildman–Crippen LogP) is 5.89. The normalized spacial score (nSPS) is 13.9. The lowest BCUT2D eigenvalue weighted by atomic mass is 10.1. The first-order valence-electron chi connectivity index (χ1n) is 13.3. The van der Waals surface area contributed by atoms with Gasteiger partial charge in [0.1, 0.15) is 47.5 Å². The van der Waals surface area contributed by atoms with Crippen LogP contribution >= 0.6 is 0 Å². The average Bonchev–Trinajstić information content (AvgIpc) is 3.38. The molecule has 2 aromatic carbocycles. The smallest absolute Gasteiger partial charge is 0.164 e. The number of nitrogen functional groups attached to an aromatic ring is 1. The van der Waals surface area contributed by atoms with Crippen molar-refractivity contribution in [3.63, 3.8) is 0 Å². The van der Waals surface area contributed by atoms with Crippen molar-refractivity contribution >= 4 is 16.9 Å². The van der Waals surface area contributed by atoms with Crippen LogP contribution in [0.15, 0.2) is 67.1 Å². The lowest BCUT2D eigenvalue weighted by molar-refractivity contribution is 0.0674. The summed E-state index contributed by atoms with van der Waals surface area (Å²) in [7, 11) is 0. The molecule has 0 atom stereocenters. The summed E-state index contributed by atoms with van der Waals surface area (Å²) in [5.74, 6) is 1.16. The zero-order valence-corrected chi connectivity index (χ0v) is 22.1. The van der Waals surface area contributed by atoms with Gasteiger partial charge in [0, 0.05) is 54.4 Å². The largest absolute Gasteiger partial charge is 0.489 e. The molecule has 204 valence electrons. The van der Waals surface area contributed by atoms with Crippen LogP contribution in [0.3, 0.4) is 0 Å². The molecule has 6 rings (SSSR count). The van der Waals surface area contributed by atoms with Crippen molar-refractivity contribution in [1.29, 1.82) is 0 Å². The van der Waals surface area contributed by atoms with Gasteiger partial charge in [-0.25, -0.2) is 19.0 Å². The van der Waals surface area contributed by atoms with E-state index in [0.717, 1.165) is 36.1 Å². The molecular formula is C30H29FN6O3. The summed E-state index contributed by atoms with van der Waals surface area (Å²) in [5.41, 5.74) is 10.4. The molecule has 9 nitrogen and oxygen atoms in total. The maximum atomic E-state index is 14.4. The van der Waals surface area contributed by atoms with E-state index in [-0.39, 0.29) is 12.6 Å². The monoisotopic (exact) mass is 540 g/mol. The van der Waals surface area contributed by atoms with Crippen LogP contribution < -0.4 is 15.2 Å². The second-order valence-electron chi connectivity index (χ2n) is 9.64. The van der Waals surface area contributed by atoms with Crippen LogP contribution in [0.4, 0.5) is 10.2 Å². The molecule has 0 aliphatic carbocycles. The van der Waals surface area contributed by atoms with E-state index < -0.39 is 5.82 Å². The number of hydrogen-bond donors (Lipinski definition) is 1. The summed E-state index contributed by atoms with van der Waals surface area (Å²) in [4.78, 5) is 13.1. The highest BCUT2D eigenvalue weighted by molar-refractivity contribution is 5.98. The SMILES string of the molecule is CCc1ccc(COc2cc(F)cc(Oc3ccc(-c4nn(C5CCOCC5)c5ncnc(N)c45)cc3)c2)cn1. The van der Waals surface area contributed by atoms with Crippen LogP contribution in [0.1, 0.15) is 37.1 Å². The number of ether oxygens (including phenoxy) is 3. The fourth-order valence-electron chi connectivity index (χ4n) is 4.79. The Hall–Kier alpha value is -4.57. The highest BCUT2D eigenvalue weighted by atomic mass is 19.1. The Morgan fingerprint density at radius 2 is 1.77 bits per heavy atom. The number of benzene rings is 2. The molecule has 0 amide bonds. The van der Waals surface area contributed by atoms with Gasteiger partial charge < -0.3 is 19.9 Å². The number of halogens is 1. The number of nitrogens with two attached hydrogens (primary N) is 1. The Balaban J connectivity index is 1.21. The Bertz CT molecular complexity index is 1620. The first-order chi connectivity index (χ1) is 19.6. The minimum atomic E-state index is -0.454. The van der Waals surface area contributed by atoms with E-state index in [0.29, 0.717) is 53.0 Å². The number of pyridine rings is 1. The predicted molar refractivity (Wildman–Crippen MR) is 149 cm³/mol. The van der Waals surface area contributed by atoms with Crippen LogP contribution in [-0.4, -0.2) is 37.9 Å². The third-order valence-corrected chi connectivity index (χ3v) is 6.92. The number of nitrogens with zero attached hydrogens (tertiary/aromatic N) is 5. The van der Waals surface area contributed by atoms with Crippen molar-refractivity contribution in [1.82, 2.24) is 24.7 Å². The summed E-state index contributed by atoms with van der Waals surface area (Å²) in [5, 5.41) is 5.62. The zero-order valence-electron chi connectivity index (χ0n) is 22.1. The van der Waals surface area contributed by atoms with Gasteiger partial charge in [0.2, 0.25) is 0 Å². The van der Waals surface area contributed by atoms with Crippen molar-refractivity contribution < 1.29 is 18.6 Å². The van der Waals surface area contributed by atoms with Gasteiger partial charge in [-0.15, -0.1) is 0 Å². The van der Waals surface area contributed by atoms with Crippen molar-refractivity contribution in [3.05, 3.63) is 84.2 Å². The molecule has 1 aliphatic rings. The van der Waals surface area contributed by atoms with Gasteiger partial charge in [-0.2, -0.15) is 5.10 Å². The molecule has 1 aliphatic heterocycles. The number of aromatic nitrogens is 5. The first kappa shape index (κ1) is 25.7. The van der Waals surface area contributed by atoms with E-state index in [1.165, 1.54) is 18.5 Å². The molecule has 4 heterocycles. The van der Waals surface area contributed by atoms with Gasteiger partial charge in [0.25, 0.3) is 0 Å². The van der Waals surface area contributed by atoms with Crippen molar-refractivity contribution in [2.24, 2.45) is 0 Å². The maximum absolute atomic E-state index is 14.4. The average molecular weight is 541 g/mol. The van der Waals surface area contributed by atoms with E-state index in [1.807, 2.05) is 28.9 Å². The second kappa shape index (κ2) is 11.3. The third kappa shape index (κ3) is 5.43. The molecule has 0 saturated carbocycles. The van der Waals surface area contributed by atoms with Gasteiger partial charge in [-0.3, -0.25) is 4.98 Å². The zero-order chi connectivity index (χ0) is 27.5. The van der Waals surface area contributed by atoms with Gasteiger partial charge in [0.05, 0.1) is 11.4 Å². The quantitative estimate of drug-likeness (QED) is 0.259. The minimum Gasteiger partial charge on any atom is -0.489 e. The van der Waals surface area contributed by atoms with Crippen LogP contribution in [-0.2, 0) is 17.8 Å². The maximum Gasteiger partial charge on any atom is 0.164 e. The van der Waals surface area contributed by atoms with Crippen molar-refractivity contribution in [2.45, 2.75) is 38.8 Å². The van der Waals surface area contributed by atoms with Crippen LogP contribution in [0, 0.1) is 5.82 Å². The summed E-state index contributed by atoms with van der Waals surface area (Å²) in [6, 6.07) is 15.8. The second-order valence-corrected chi connectivity index (χ2v) is 9.64. The number of anilines is 1. The van der Waals surface area contributed by atoms with Crippen LogP contribution in [0.25, 0.3) is 22.3 Å². The van der Waals surface area contributed by atoms with Gasteiger partial charge in [-0.1, -0.05) is 13.0 Å². The van der Waals surface area contributed by atoms with E-state index in [2.05, 4.69) is 21.9 Å². The molecule has 10 heteroatoms. The standard InChI is InChI=1S/C30H29FN6O3/c1-2-22-6-3-19(16-33-22)17-39-25-13-21(31)14-26(15-25)40-24-7-4-20(5-8-24)28-27-29(32)34-18-35-30(27)37(36-28)23-9-11-38-12-10-23/h3-8,13-16,18,23H,2,9-12,17H2,1H3,(H2,32,34,35). The number of rotatable bonds is 8. The van der Waals surface area contributed by atoms with E-state index in [1.54, 1.807) is 24.4 Å². The van der Waals surface area contributed by atoms with E-state index in [4.69, 9.17) is 25.0 Å². The number of fused-ring (bicyclic) bond motifs is 1. The highest BCUT2D eigenvalue weighted by Gasteiger charge is 2.24. The van der Waals surface area contributed by atoms with Crippen LogP contribution in [0.5, 0.6) is 17.2 Å². The molecule has 1 fully saturated rings. The Labute approximate surface area is 230 Å². The van der Waals surface area contributed by atoms with Crippen molar-refractivity contribution in [3.8, 4) is 28.5 Å². The summed E-state index contributed by atoms with van der Waals surface area (Å²) in [6.45, 7) is 3.69. The lowest BCUT2D eigenvalue weighted by Gasteiger charge is -2.22. The molecule has 0 unspecified atom stereocenters. The molecule has 0 radical (unpaired) electrons. The molecule has 0 spiro atoms. The first-order valence-corrected chi connectivity index (χ1v) is 13.3. The Morgan fingerprint density at radius 1 is 0.975 bits per heavy atom. The Morgan fingerprint density at radius 3 is 2.52 bits per heavy atom. The molecule has 2 N–H and O–H groups in total. The number of aryl methyl sites for hydroxylation is 1. The van der Waals surface area contributed by atoms with Crippen molar-refractivity contribution in [2.75, 3.05) is 18.9 Å². The molecule has 5 aromatic rings. The van der Waals surface area contributed by atoms with Crippen LogP contribution in [0.2, 0.25) is 0 Å². The Kier molecular flexibility index (Phi) is 7.24. The minimum absolute atomic E-state index is 0.179. The fraction of sp³-hybridized carbons (Fsp3) is 0.267. The molecule has 40 heavy (non-hydrogen) atoms. The van der Waals surface area contributed by atoms with Gasteiger partial charge in [-0.05, 0) is 49.6 Å². The highest BCUT2D eigenvalue weighted by Crippen LogP contribution is 2.35. The summed E-state index contributed by atoms with van der Waals surface area (Å²) >= 11 is 0. The van der Waals surface area contributed by atoms with E-state index >= 15 is 0 Å². The molecule has 3 aromatic heterocycles. The number of hydrogen-bond acceptors (Lipinski definition) is 8. The molecular weight excluding hydrogens is 511 g/mol. The van der Waals surface area contributed by atoms with Gasteiger partial charge >= 0.3 is 0 Å². The summed E-state index contributed by atoms with van der Waals surface area (Å²) < 4.78 is 33.6. The summed E-state index contributed by atoms with van der Waals surface area (Å²) in [6.07, 6.45) is 5.81. The van der Waals surface area contributed by atoms with Gasteiger partial charge in [0.15, 0.2) is 5.65 Å². The lowest BCUT2D eigenvalue weighted by Crippen LogP contribution is -2.20. The molecule has 0 bridgehead atoms. The van der Waals surface area contributed by atoms with E-state index in [9.17, 15) is 4.39 Å². The topological polar surface area (TPSA) is 110 Å². The third-order valence-electron chi connectivity index (χ3n) is 6.92.